The lowest BCUT2D eigenvalue weighted by molar-refractivity contribution is -0.201. The van der Waals surface area contributed by atoms with Crippen molar-refractivity contribution in [3.8, 4) is 0 Å². The summed E-state index contributed by atoms with van der Waals surface area (Å²) in [6.45, 7) is 5.64. The standard InChI is InChI=1S/C13H20N2O4S/c1-7-5-9(20-4)14-15(7)12-11-10(8(6-16)17-12)18-13(2,3)19-11/h5,8,10-12,16H,6H2,1-4H3/t8-,10-,11-,12?/m1/s1. The van der Waals surface area contributed by atoms with E-state index in [4.69, 9.17) is 14.2 Å². The van der Waals surface area contributed by atoms with Gasteiger partial charge in [-0.1, -0.05) is 0 Å². The molecule has 3 rings (SSSR count). The average molecular weight is 300 g/mol. The van der Waals surface area contributed by atoms with Gasteiger partial charge in [-0.2, -0.15) is 5.10 Å². The van der Waals surface area contributed by atoms with Gasteiger partial charge in [0, 0.05) is 5.69 Å². The van der Waals surface area contributed by atoms with Crippen LogP contribution in [-0.2, 0) is 14.2 Å². The van der Waals surface area contributed by atoms with Crippen molar-refractivity contribution in [1.82, 2.24) is 9.78 Å². The van der Waals surface area contributed by atoms with Gasteiger partial charge in [-0.3, -0.25) is 0 Å². The summed E-state index contributed by atoms with van der Waals surface area (Å²) in [5, 5.41) is 14.9. The zero-order valence-corrected chi connectivity index (χ0v) is 12.9. The molecule has 7 heteroatoms. The van der Waals surface area contributed by atoms with Crippen LogP contribution in [-0.4, -0.2) is 51.8 Å². The van der Waals surface area contributed by atoms with Crippen molar-refractivity contribution in [2.75, 3.05) is 12.9 Å². The van der Waals surface area contributed by atoms with Crippen LogP contribution in [0, 0.1) is 6.92 Å². The summed E-state index contributed by atoms with van der Waals surface area (Å²) in [6.07, 6.45) is 0.726. The zero-order chi connectivity index (χ0) is 14.5. The van der Waals surface area contributed by atoms with E-state index in [2.05, 4.69) is 5.10 Å². The first-order chi connectivity index (χ1) is 9.45. The van der Waals surface area contributed by atoms with E-state index in [9.17, 15) is 5.11 Å². The second-order valence-corrected chi connectivity index (χ2v) is 6.41. The molecular formula is C13H20N2O4S. The van der Waals surface area contributed by atoms with E-state index in [-0.39, 0.29) is 31.1 Å². The number of aromatic nitrogens is 2. The number of rotatable bonds is 3. The number of nitrogens with zero attached hydrogens (tertiary/aromatic N) is 2. The molecule has 1 N–H and O–H groups in total. The predicted octanol–water partition coefficient (Wildman–Crippen LogP) is 1.32. The molecule has 2 aliphatic rings. The number of aryl methyl sites for hydroxylation is 1. The highest BCUT2D eigenvalue weighted by molar-refractivity contribution is 7.98. The second-order valence-electron chi connectivity index (χ2n) is 5.59. The maximum Gasteiger partial charge on any atom is 0.179 e. The van der Waals surface area contributed by atoms with Crippen molar-refractivity contribution in [3.63, 3.8) is 0 Å². The minimum atomic E-state index is -0.659. The highest BCUT2D eigenvalue weighted by Gasteiger charge is 2.56. The van der Waals surface area contributed by atoms with Crippen molar-refractivity contribution in [2.24, 2.45) is 0 Å². The van der Waals surface area contributed by atoms with E-state index in [0.29, 0.717) is 0 Å². The van der Waals surface area contributed by atoms with Crippen molar-refractivity contribution in [3.05, 3.63) is 11.8 Å². The molecule has 1 aromatic heterocycles. The Balaban J connectivity index is 1.91. The largest absolute Gasteiger partial charge is 0.394 e. The third-order valence-corrected chi connectivity index (χ3v) is 4.27. The molecule has 112 valence electrons. The van der Waals surface area contributed by atoms with E-state index in [1.54, 1.807) is 11.8 Å². The predicted molar refractivity (Wildman–Crippen MR) is 73.6 cm³/mol. The van der Waals surface area contributed by atoms with Gasteiger partial charge in [0.15, 0.2) is 12.0 Å². The van der Waals surface area contributed by atoms with Crippen molar-refractivity contribution in [2.45, 2.75) is 56.1 Å². The molecule has 1 aromatic rings. The Kier molecular flexibility index (Phi) is 3.58. The highest BCUT2D eigenvalue weighted by atomic mass is 32.2. The van der Waals surface area contributed by atoms with Crippen LogP contribution in [0.5, 0.6) is 0 Å². The molecule has 4 atom stereocenters. The Morgan fingerprint density at radius 2 is 2.10 bits per heavy atom. The number of thioether (sulfide) groups is 1. The summed E-state index contributed by atoms with van der Waals surface area (Å²) in [5.74, 6) is -0.659. The smallest absolute Gasteiger partial charge is 0.179 e. The Morgan fingerprint density at radius 3 is 2.70 bits per heavy atom. The van der Waals surface area contributed by atoms with E-state index >= 15 is 0 Å². The van der Waals surface area contributed by atoms with Crippen LogP contribution >= 0.6 is 11.8 Å². The molecule has 0 aliphatic carbocycles. The summed E-state index contributed by atoms with van der Waals surface area (Å²) >= 11 is 1.59. The normalized spacial score (nSPS) is 35.5. The molecule has 20 heavy (non-hydrogen) atoms. The maximum absolute atomic E-state index is 9.47. The number of aliphatic hydroxyl groups is 1. The third kappa shape index (κ3) is 2.27. The fraction of sp³-hybridized carbons (Fsp3) is 0.769. The summed E-state index contributed by atoms with van der Waals surface area (Å²) in [4.78, 5) is 0. The molecule has 2 saturated heterocycles. The van der Waals surface area contributed by atoms with E-state index < -0.39 is 5.79 Å². The molecule has 0 radical (unpaired) electrons. The molecule has 0 bridgehead atoms. The second kappa shape index (κ2) is 4.99. The quantitative estimate of drug-likeness (QED) is 0.849. The number of hydrogen-bond donors (Lipinski definition) is 1. The molecule has 2 aliphatic heterocycles. The van der Waals surface area contributed by atoms with Crippen LogP contribution in [0.2, 0.25) is 0 Å². The van der Waals surface area contributed by atoms with Crippen LogP contribution in [0.4, 0.5) is 0 Å². The van der Waals surface area contributed by atoms with Crippen molar-refractivity contribution < 1.29 is 19.3 Å². The lowest BCUT2D eigenvalue weighted by atomic mass is 10.1. The molecule has 0 saturated carbocycles. The van der Waals surface area contributed by atoms with Crippen LogP contribution in [0.1, 0.15) is 25.8 Å². The van der Waals surface area contributed by atoms with Gasteiger partial charge in [-0.05, 0) is 33.1 Å². The first-order valence-electron chi connectivity index (χ1n) is 6.67. The summed E-state index contributed by atoms with van der Waals surface area (Å²) in [7, 11) is 0. The first kappa shape index (κ1) is 14.3. The van der Waals surface area contributed by atoms with Crippen LogP contribution in [0.25, 0.3) is 0 Å². The monoisotopic (exact) mass is 300 g/mol. The molecule has 0 spiro atoms. The van der Waals surface area contributed by atoms with Crippen LogP contribution < -0.4 is 0 Å². The SMILES string of the molecule is CSc1cc(C)n(C2O[C@H](CO)[C@H]3OC(C)(C)O[C@@H]23)n1. The van der Waals surface area contributed by atoms with E-state index in [1.807, 2.05) is 37.8 Å². The van der Waals surface area contributed by atoms with Gasteiger partial charge in [0.2, 0.25) is 0 Å². The van der Waals surface area contributed by atoms with Gasteiger partial charge in [0.1, 0.15) is 23.3 Å². The fourth-order valence-corrected chi connectivity index (χ4v) is 3.28. The summed E-state index contributed by atoms with van der Waals surface area (Å²) in [5.41, 5.74) is 1.00. The topological polar surface area (TPSA) is 65.7 Å². The molecule has 3 heterocycles. The summed E-state index contributed by atoms with van der Waals surface area (Å²) < 4.78 is 19.5. The van der Waals surface area contributed by atoms with Gasteiger partial charge in [0.05, 0.1) is 6.61 Å². The van der Waals surface area contributed by atoms with Gasteiger partial charge in [-0.25, -0.2) is 4.68 Å². The van der Waals surface area contributed by atoms with Gasteiger partial charge >= 0.3 is 0 Å². The number of hydrogen-bond acceptors (Lipinski definition) is 6. The molecular weight excluding hydrogens is 280 g/mol. The number of fused-ring (bicyclic) bond motifs is 1. The number of ether oxygens (including phenoxy) is 3. The Hall–Kier alpha value is -0.600. The lowest BCUT2D eigenvalue weighted by Gasteiger charge is -2.24. The summed E-state index contributed by atoms with van der Waals surface area (Å²) in [6, 6.07) is 2.01. The van der Waals surface area contributed by atoms with Gasteiger partial charge < -0.3 is 19.3 Å². The zero-order valence-electron chi connectivity index (χ0n) is 12.1. The Labute approximate surface area is 122 Å². The Bertz CT molecular complexity index is 505. The highest BCUT2D eigenvalue weighted by Crippen LogP contribution is 2.43. The molecule has 1 unspecified atom stereocenters. The average Bonchev–Trinajstić information content (AvgIpc) is 3.00. The number of aliphatic hydroxyl groups excluding tert-OH is 1. The van der Waals surface area contributed by atoms with Crippen LogP contribution in [0.15, 0.2) is 11.1 Å². The van der Waals surface area contributed by atoms with E-state index in [1.165, 1.54) is 0 Å². The lowest BCUT2D eigenvalue weighted by Crippen LogP contribution is -2.31. The van der Waals surface area contributed by atoms with Gasteiger partial charge in [-0.15, -0.1) is 11.8 Å². The Morgan fingerprint density at radius 1 is 1.40 bits per heavy atom. The minimum Gasteiger partial charge on any atom is -0.394 e. The molecule has 6 nitrogen and oxygen atoms in total. The minimum absolute atomic E-state index is 0.0905. The molecule has 2 fully saturated rings. The van der Waals surface area contributed by atoms with E-state index in [0.717, 1.165) is 10.7 Å². The third-order valence-electron chi connectivity index (χ3n) is 3.66. The van der Waals surface area contributed by atoms with Gasteiger partial charge in [0.25, 0.3) is 0 Å². The van der Waals surface area contributed by atoms with Crippen LogP contribution in [0.3, 0.4) is 0 Å². The molecule has 0 aromatic carbocycles. The molecule has 0 amide bonds. The maximum atomic E-state index is 9.47. The first-order valence-corrected chi connectivity index (χ1v) is 7.90. The fourth-order valence-electron chi connectivity index (χ4n) is 2.82. The van der Waals surface area contributed by atoms with Crippen molar-refractivity contribution >= 4 is 11.8 Å². The van der Waals surface area contributed by atoms with Crippen molar-refractivity contribution in [1.29, 1.82) is 0 Å².